The van der Waals surface area contributed by atoms with Gasteiger partial charge in [0, 0.05) is 16.9 Å². The van der Waals surface area contributed by atoms with Crippen LogP contribution in [0.15, 0.2) is 18.2 Å². The molecule has 5 heteroatoms. The maximum absolute atomic E-state index is 11.9. The van der Waals surface area contributed by atoms with E-state index in [9.17, 15) is 4.79 Å². The van der Waals surface area contributed by atoms with Crippen molar-refractivity contribution in [3.05, 3.63) is 23.8 Å². The van der Waals surface area contributed by atoms with Crippen molar-refractivity contribution in [1.29, 1.82) is 0 Å². The number of hydrogen-bond donors (Lipinski definition) is 1. The lowest BCUT2D eigenvalue weighted by atomic mass is 10.2. The Morgan fingerprint density at radius 2 is 1.89 bits per heavy atom. The average molecular weight is 330 g/mol. The summed E-state index contributed by atoms with van der Waals surface area (Å²) in [6, 6.07) is 5.21. The quantitative estimate of drug-likeness (QED) is 0.782. The number of nitrogens with one attached hydrogen (secondary N) is 1. The zero-order chi connectivity index (χ0) is 14.3. The number of amides is 1. The second-order valence-corrected chi connectivity index (χ2v) is 5.58. The molecule has 0 aliphatic rings. The summed E-state index contributed by atoms with van der Waals surface area (Å²) >= 11 is 3.39. The van der Waals surface area contributed by atoms with Crippen molar-refractivity contribution < 1.29 is 14.3 Å². The number of rotatable bonds is 7. The van der Waals surface area contributed by atoms with Crippen LogP contribution in [0.4, 0.5) is 0 Å². The van der Waals surface area contributed by atoms with Crippen LogP contribution < -0.4 is 14.8 Å². The van der Waals surface area contributed by atoms with Crippen LogP contribution in [-0.2, 0) is 0 Å². The van der Waals surface area contributed by atoms with Crippen LogP contribution in [0.25, 0.3) is 0 Å². The van der Waals surface area contributed by atoms with Crippen LogP contribution >= 0.6 is 15.9 Å². The highest BCUT2D eigenvalue weighted by molar-refractivity contribution is 9.09. The molecule has 1 N–H and O–H groups in total. The second kappa shape index (κ2) is 8.04. The van der Waals surface area contributed by atoms with Gasteiger partial charge in [0.05, 0.1) is 13.2 Å². The van der Waals surface area contributed by atoms with Crippen LogP contribution in [0.3, 0.4) is 0 Å². The molecule has 0 aliphatic heterocycles. The normalized spacial score (nSPS) is 11.8. The minimum Gasteiger partial charge on any atom is -0.490 e. The van der Waals surface area contributed by atoms with Gasteiger partial charge in [0.25, 0.3) is 5.91 Å². The van der Waals surface area contributed by atoms with E-state index in [0.29, 0.717) is 36.8 Å². The third-order valence-corrected chi connectivity index (χ3v) is 2.67. The molecule has 4 nitrogen and oxygen atoms in total. The molecular formula is C14H20BrNO3. The number of carbonyl (C=O) groups excluding carboxylic acids is 1. The van der Waals surface area contributed by atoms with E-state index in [1.807, 2.05) is 20.8 Å². The molecule has 0 fully saturated rings. The van der Waals surface area contributed by atoms with Gasteiger partial charge in [-0.2, -0.15) is 0 Å². The summed E-state index contributed by atoms with van der Waals surface area (Å²) in [6.07, 6.45) is 0. The van der Waals surface area contributed by atoms with E-state index in [1.54, 1.807) is 18.2 Å². The Morgan fingerprint density at radius 1 is 1.26 bits per heavy atom. The van der Waals surface area contributed by atoms with E-state index in [1.165, 1.54) is 0 Å². The van der Waals surface area contributed by atoms with Gasteiger partial charge < -0.3 is 14.8 Å². The van der Waals surface area contributed by atoms with E-state index >= 15 is 0 Å². The van der Waals surface area contributed by atoms with Gasteiger partial charge in [0.1, 0.15) is 0 Å². The van der Waals surface area contributed by atoms with Crippen LogP contribution in [0.1, 0.15) is 31.1 Å². The van der Waals surface area contributed by atoms with Gasteiger partial charge in [-0.25, -0.2) is 0 Å². The zero-order valence-electron chi connectivity index (χ0n) is 11.5. The summed E-state index contributed by atoms with van der Waals surface area (Å²) in [5, 5.41) is 2.84. The number of carbonyl (C=O) groups is 1. The van der Waals surface area contributed by atoms with Crippen LogP contribution in [0, 0.1) is 0 Å². The van der Waals surface area contributed by atoms with Gasteiger partial charge in [-0.3, -0.25) is 4.79 Å². The Kier molecular flexibility index (Phi) is 6.70. The van der Waals surface area contributed by atoms with E-state index in [0.717, 1.165) is 0 Å². The fourth-order valence-electron chi connectivity index (χ4n) is 1.53. The van der Waals surface area contributed by atoms with Gasteiger partial charge in [-0.1, -0.05) is 22.9 Å². The standard InChI is InChI=1S/C14H20BrNO3/c1-4-18-12-7-6-11(8-13(12)19-5-2)14(17)16-9-10(3)15/h6-8,10H,4-5,9H2,1-3H3,(H,16,17). The molecule has 0 bridgehead atoms. The Balaban J connectivity index is 2.84. The van der Waals surface area contributed by atoms with Gasteiger partial charge in [-0.15, -0.1) is 0 Å². The first kappa shape index (κ1) is 15.8. The molecule has 1 amide bonds. The highest BCUT2D eigenvalue weighted by Crippen LogP contribution is 2.28. The first-order valence-corrected chi connectivity index (χ1v) is 7.32. The van der Waals surface area contributed by atoms with Crippen LogP contribution in [-0.4, -0.2) is 30.5 Å². The van der Waals surface area contributed by atoms with Crippen molar-refractivity contribution >= 4 is 21.8 Å². The molecule has 0 aromatic heterocycles. The molecule has 0 spiro atoms. The van der Waals surface area contributed by atoms with Crippen molar-refractivity contribution in [3.8, 4) is 11.5 Å². The summed E-state index contributed by atoms with van der Waals surface area (Å²) in [6.45, 7) is 7.46. The molecule has 1 aromatic carbocycles. The van der Waals surface area contributed by atoms with Crippen molar-refractivity contribution in [1.82, 2.24) is 5.32 Å². The third kappa shape index (κ3) is 5.11. The third-order valence-electron chi connectivity index (χ3n) is 2.35. The van der Waals surface area contributed by atoms with Gasteiger partial charge in [-0.05, 0) is 32.0 Å². The molecule has 1 rings (SSSR count). The van der Waals surface area contributed by atoms with Gasteiger partial charge >= 0.3 is 0 Å². The van der Waals surface area contributed by atoms with Gasteiger partial charge in [0.15, 0.2) is 11.5 Å². The monoisotopic (exact) mass is 329 g/mol. The second-order valence-electron chi connectivity index (χ2n) is 4.02. The van der Waals surface area contributed by atoms with E-state index < -0.39 is 0 Å². The lowest BCUT2D eigenvalue weighted by Gasteiger charge is -2.12. The van der Waals surface area contributed by atoms with Crippen molar-refractivity contribution in [2.75, 3.05) is 19.8 Å². The maximum atomic E-state index is 11.9. The molecule has 106 valence electrons. The average Bonchev–Trinajstić information content (AvgIpc) is 2.38. The molecule has 19 heavy (non-hydrogen) atoms. The smallest absolute Gasteiger partial charge is 0.251 e. The minimum atomic E-state index is -0.115. The lowest BCUT2D eigenvalue weighted by Crippen LogP contribution is -2.28. The molecule has 1 atom stereocenters. The molecule has 1 aromatic rings. The predicted octanol–water partition coefficient (Wildman–Crippen LogP) is 3.00. The maximum Gasteiger partial charge on any atom is 0.251 e. The summed E-state index contributed by atoms with van der Waals surface area (Å²) < 4.78 is 10.9. The highest BCUT2D eigenvalue weighted by atomic mass is 79.9. The molecular weight excluding hydrogens is 310 g/mol. The highest BCUT2D eigenvalue weighted by Gasteiger charge is 2.11. The summed E-state index contributed by atoms with van der Waals surface area (Å²) in [4.78, 5) is 12.2. The number of benzene rings is 1. The number of ether oxygens (including phenoxy) is 2. The summed E-state index contributed by atoms with van der Waals surface area (Å²) in [5.74, 6) is 1.15. The SMILES string of the molecule is CCOc1ccc(C(=O)NCC(C)Br)cc1OCC. The Bertz CT molecular complexity index is 421. The first-order valence-electron chi connectivity index (χ1n) is 6.40. The fraction of sp³-hybridized carbons (Fsp3) is 0.500. The van der Waals surface area contributed by atoms with Crippen LogP contribution in [0.5, 0.6) is 11.5 Å². The zero-order valence-corrected chi connectivity index (χ0v) is 13.1. The van der Waals surface area contributed by atoms with Crippen molar-refractivity contribution in [3.63, 3.8) is 0 Å². The van der Waals surface area contributed by atoms with Crippen molar-refractivity contribution in [2.24, 2.45) is 0 Å². The minimum absolute atomic E-state index is 0.115. The first-order chi connectivity index (χ1) is 9.08. The predicted molar refractivity (Wildman–Crippen MR) is 79.5 cm³/mol. The van der Waals surface area contributed by atoms with E-state index in [4.69, 9.17) is 9.47 Å². The Hall–Kier alpha value is -1.23. The Labute approximate surface area is 122 Å². The van der Waals surface area contributed by atoms with E-state index in [2.05, 4.69) is 21.2 Å². The number of hydrogen-bond acceptors (Lipinski definition) is 3. The van der Waals surface area contributed by atoms with Crippen LogP contribution in [0.2, 0.25) is 0 Å². The lowest BCUT2D eigenvalue weighted by molar-refractivity contribution is 0.0953. The molecule has 0 heterocycles. The summed E-state index contributed by atoms with van der Waals surface area (Å²) in [5.41, 5.74) is 0.569. The van der Waals surface area contributed by atoms with E-state index in [-0.39, 0.29) is 10.7 Å². The molecule has 0 saturated carbocycles. The van der Waals surface area contributed by atoms with Crippen molar-refractivity contribution in [2.45, 2.75) is 25.6 Å². The number of alkyl halides is 1. The molecule has 1 unspecified atom stereocenters. The molecule has 0 saturated heterocycles. The molecule has 0 aliphatic carbocycles. The topological polar surface area (TPSA) is 47.6 Å². The number of halogens is 1. The summed E-state index contributed by atoms with van der Waals surface area (Å²) in [7, 11) is 0. The largest absolute Gasteiger partial charge is 0.490 e. The fourth-order valence-corrected chi connectivity index (χ4v) is 1.69. The Morgan fingerprint density at radius 3 is 2.47 bits per heavy atom. The van der Waals surface area contributed by atoms with Gasteiger partial charge in [0.2, 0.25) is 0 Å². The molecule has 0 radical (unpaired) electrons.